The Balaban J connectivity index is 2.24. The number of carbonyl (C=O) groups is 2. The highest BCUT2D eigenvalue weighted by Gasteiger charge is 2.35. The van der Waals surface area contributed by atoms with Gasteiger partial charge >= 0.3 is 5.97 Å². The SMILES string of the molecule is CCOC(=O)C1CCc2nccnc2C1=O. The molecule has 0 spiro atoms. The van der Waals surface area contributed by atoms with Crippen LogP contribution in [-0.2, 0) is 16.0 Å². The van der Waals surface area contributed by atoms with Crippen molar-refractivity contribution < 1.29 is 14.3 Å². The Kier molecular flexibility index (Phi) is 2.94. The zero-order valence-electron chi connectivity index (χ0n) is 8.97. The maximum Gasteiger partial charge on any atom is 0.316 e. The Hall–Kier alpha value is -1.78. The minimum atomic E-state index is -0.704. The van der Waals surface area contributed by atoms with Gasteiger partial charge in [-0.25, -0.2) is 4.98 Å². The average Bonchev–Trinajstić information content (AvgIpc) is 2.30. The van der Waals surface area contributed by atoms with Crippen molar-refractivity contribution in [3.05, 3.63) is 23.8 Å². The monoisotopic (exact) mass is 220 g/mol. The van der Waals surface area contributed by atoms with E-state index in [0.717, 1.165) is 0 Å². The van der Waals surface area contributed by atoms with E-state index in [2.05, 4.69) is 9.97 Å². The molecule has 1 aliphatic rings. The van der Waals surface area contributed by atoms with E-state index in [1.165, 1.54) is 6.20 Å². The zero-order chi connectivity index (χ0) is 11.5. The number of ether oxygens (including phenoxy) is 1. The fraction of sp³-hybridized carbons (Fsp3) is 0.455. The van der Waals surface area contributed by atoms with Crippen LogP contribution in [0.1, 0.15) is 29.5 Å². The smallest absolute Gasteiger partial charge is 0.316 e. The molecule has 1 aliphatic carbocycles. The van der Waals surface area contributed by atoms with Crippen LogP contribution in [0.15, 0.2) is 12.4 Å². The van der Waals surface area contributed by atoms with Gasteiger partial charge in [-0.3, -0.25) is 14.6 Å². The van der Waals surface area contributed by atoms with Crippen LogP contribution in [0.25, 0.3) is 0 Å². The van der Waals surface area contributed by atoms with E-state index < -0.39 is 11.9 Å². The van der Waals surface area contributed by atoms with Gasteiger partial charge in [-0.1, -0.05) is 0 Å². The average molecular weight is 220 g/mol. The van der Waals surface area contributed by atoms with Crippen LogP contribution >= 0.6 is 0 Å². The summed E-state index contributed by atoms with van der Waals surface area (Å²) in [6.07, 6.45) is 4.07. The van der Waals surface area contributed by atoms with Crippen molar-refractivity contribution >= 4 is 11.8 Å². The second kappa shape index (κ2) is 4.38. The van der Waals surface area contributed by atoms with Crippen LogP contribution in [0.5, 0.6) is 0 Å². The second-order valence-electron chi connectivity index (χ2n) is 3.56. The number of ketones is 1. The first-order valence-electron chi connectivity index (χ1n) is 5.24. The molecular formula is C11H12N2O3. The third-order valence-corrected chi connectivity index (χ3v) is 2.56. The van der Waals surface area contributed by atoms with Gasteiger partial charge in [0.15, 0.2) is 5.78 Å². The molecule has 1 heterocycles. The van der Waals surface area contributed by atoms with E-state index in [4.69, 9.17) is 4.74 Å². The first-order chi connectivity index (χ1) is 7.74. The maximum absolute atomic E-state index is 11.9. The summed E-state index contributed by atoms with van der Waals surface area (Å²) in [5, 5.41) is 0. The number of fused-ring (bicyclic) bond motifs is 1. The van der Waals surface area contributed by atoms with Gasteiger partial charge in [0.25, 0.3) is 0 Å². The number of hydrogen-bond donors (Lipinski definition) is 0. The fourth-order valence-corrected chi connectivity index (χ4v) is 1.80. The van der Waals surface area contributed by atoms with Crippen molar-refractivity contribution in [3.63, 3.8) is 0 Å². The van der Waals surface area contributed by atoms with Gasteiger partial charge in [0, 0.05) is 12.4 Å². The predicted molar refractivity (Wildman–Crippen MR) is 54.8 cm³/mol. The summed E-state index contributed by atoms with van der Waals surface area (Å²) in [6.45, 7) is 2.01. The molecule has 1 unspecified atom stereocenters. The van der Waals surface area contributed by atoms with Crippen molar-refractivity contribution in [2.24, 2.45) is 5.92 Å². The van der Waals surface area contributed by atoms with Gasteiger partial charge < -0.3 is 4.74 Å². The van der Waals surface area contributed by atoms with Gasteiger partial charge in [-0.2, -0.15) is 0 Å². The lowest BCUT2D eigenvalue weighted by Gasteiger charge is -2.19. The largest absolute Gasteiger partial charge is 0.465 e. The number of carbonyl (C=O) groups excluding carboxylic acids is 2. The first-order valence-corrected chi connectivity index (χ1v) is 5.24. The quantitative estimate of drug-likeness (QED) is 0.544. The number of Topliss-reactive ketones (excluding diaryl/α,β-unsaturated/α-hetero) is 1. The summed E-state index contributed by atoms with van der Waals surface area (Å²) in [5.74, 6) is -1.43. The summed E-state index contributed by atoms with van der Waals surface area (Å²) in [6, 6.07) is 0. The van der Waals surface area contributed by atoms with Crippen molar-refractivity contribution in [1.29, 1.82) is 0 Å². The molecule has 0 amide bonds. The molecule has 2 rings (SSSR count). The summed E-state index contributed by atoms with van der Waals surface area (Å²) >= 11 is 0. The highest BCUT2D eigenvalue weighted by molar-refractivity contribution is 6.08. The molecule has 1 aromatic rings. The summed E-state index contributed by atoms with van der Waals surface area (Å²) < 4.78 is 4.86. The molecule has 1 aromatic heterocycles. The number of aryl methyl sites for hydroxylation is 1. The Morgan fingerprint density at radius 1 is 1.50 bits per heavy atom. The third-order valence-electron chi connectivity index (χ3n) is 2.56. The number of hydrogen-bond acceptors (Lipinski definition) is 5. The van der Waals surface area contributed by atoms with Crippen LogP contribution < -0.4 is 0 Å². The lowest BCUT2D eigenvalue weighted by molar-refractivity contribution is -0.146. The molecule has 5 heteroatoms. The molecule has 0 N–H and O–H groups in total. The normalized spacial score (nSPS) is 19.1. The molecule has 84 valence electrons. The molecule has 0 fully saturated rings. The van der Waals surface area contributed by atoms with E-state index in [0.29, 0.717) is 24.2 Å². The van der Waals surface area contributed by atoms with Gasteiger partial charge in [-0.15, -0.1) is 0 Å². The van der Waals surface area contributed by atoms with Crippen LogP contribution in [0.4, 0.5) is 0 Å². The van der Waals surface area contributed by atoms with E-state index >= 15 is 0 Å². The summed E-state index contributed by atoms with van der Waals surface area (Å²) in [5.41, 5.74) is 0.986. The van der Waals surface area contributed by atoms with Crippen molar-refractivity contribution in [2.75, 3.05) is 6.61 Å². The standard InChI is InChI=1S/C11H12N2O3/c1-2-16-11(15)7-3-4-8-9(10(7)14)13-6-5-12-8/h5-7H,2-4H2,1H3. The van der Waals surface area contributed by atoms with Gasteiger partial charge in [-0.05, 0) is 19.8 Å². The molecular weight excluding hydrogens is 208 g/mol. The molecule has 0 saturated heterocycles. The number of aromatic nitrogens is 2. The van der Waals surface area contributed by atoms with E-state index in [1.807, 2.05) is 0 Å². The Morgan fingerprint density at radius 2 is 2.25 bits per heavy atom. The molecule has 5 nitrogen and oxygen atoms in total. The van der Waals surface area contributed by atoms with Gasteiger partial charge in [0.05, 0.1) is 12.3 Å². The lowest BCUT2D eigenvalue weighted by Crippen LogP contribution is -2.32. The zero-order valence-corrected chi connectivity index (χ0v) is 8.97. The third kappa shape index (κ3) is 1.80. The molecule has 0 bridgehead atoms. The number of nitrogens with zero attached hydrogens (tertiary/aromatic N) is 2. The van der Waals surface area contributed by atoms with Crippen LogP contribution in [0.3, 0.4) is 0 Å². The summed E-state index contributed by atoms with van der Waals surface area (Å²) in [4.78, 5) is 31.5. The highest BCUT2D eigenvalue weighted by atomic mass is 16.5. The molecule has 0 aromatic carbocycles. The maximum atomic E-state index is 11.9. The van der Waals surface area contributed by atoms with Crippen LogP contribution in [-0.4, -0.2) is 28.3 Å². The second-order valence-corrected chi connectivity index (χ2v) is 3.56. The van der Waals surface area contributed by atoms with Gasteiger partial charge in [0.1, 0.15) is 11.6 Å². The van der Waals surface area contributed by atoms with Crippen molar-refractivity contribution in [3.8, 4) is 0 Å². The minimum Gasteiger partial charge on any atom is -0.465 e. The Morgan fingerprint density at radius 3 is 3.00 bits per heavy atom. The van der Waals surface area contributed by atoms with Gasteiger partial charge in [0.2, 0.25) is 0 Å². The predicted octanol–water partition coefficient (Wildman–Crippen LogP) is 0.785. The van der Waals surface area contributed by atoms with E-state index in [-0.39, 0.29) is 12.4 Å². The Bertz CT molecular complexity index is 431. The fourth-order valence-electron chi connectivity index (χ4n) is 1.80. The first kappa shape index (κ1) is 10.7. The Labute approximate surface area is 92.9 Å². The van der Waals surface area contributed by atoms with Crippen LogP contribution in [0.2, 0.25) is 0 Å². The molecule has 16 heavy (non-hydrogen) atoms. The van der Waals surface area contributed by atoms with Crippen LogP contribution in [0, 0.1) is 5.92 Å². The minimum absolute atomic E-state index is 0.271. The molecule has 0 aliphatic heterocycles. The number of esters is 1. The van der Waals surface area contributed by atoms with Crippen molar-refractivity contribution in [2.45, 2.75) is 19.8 Å². The topological polar surface area (TPSA) is 69.2 Å². The molecule has 1 atom stereocenters. The van der Waals surface area contributed by atoms with E-state index in [1.54, 1.807) is 13.1 Å². The highest BCUT2D eigenvalue weighted by Crippen LogP contribution is 2.23. The number of rotatable bonds is 2. The molecule has 0 saturated carbocycles. The van der Waals surface area contributed by atoms with E-state index in [9.17, 15) is 9.59 Å². The lowest BCUT2D eigenvalue weighted by atomic mass is 9.88. The van der Waals surface area contributed by atoms with Crippen molar-refractivity contribution in [1.82, 2.24) is 9.97 Å². The molecule has 0 radical (unpaired) electrons. The summed E-state index contributed by atoms with van der Waals surface area (Å²) in [7, 11) is 0.